The van der Waals surface area contributed by atoms with Gasteiger partial charge in [0.15, 0.2) is 11.5 Å². The van der Waals surface area contributed by atoms with Crippen LogP contribution in [0.3, 0.4) is 0 Å². The lowest BCUT2D eigenvalue weighted by molar-refractivity contribution is 0.0951. The number of amides is 3. The van der Waals surface area contributed by atoms with Crippen LogP contribution in [-0.4, -0.2) is 49.1 Å². The molecule has 8 nitrogen and oxygen atoms in total. The van der Waals surface area contributed by atoms with E-state index < -0.39 is 0 Å². The zero-order chi connectivity index (χ0) is 25.7. The van der Waals surface area contributed by atoms with Gasteiger partial charge in [0.25, 0.3) is 5.91 Å². The Morgan fingerprint density at radius 2 is 1.81 bits per heavy atom. The number of benzene rings is 2. The van der Waals surface area contributed by atoms with E-state index in [4.69, 9.17) is 9.47 Å². The summed E-state index contributed by atoms with van der Waals surface area (Å²) >= 11 is 0. The molecule has 36 heavy (non-hydrogen) atoms. The second-order valence-electron chi connectivity index (χ2n) is 8.54. The average molecular weight is 487 g/mol. The highest BCUT2D eigenvalue weighted by molar-refractivity contribution is 5.95. The third kappa shape index (κ3) is 5.17. The van der Waals surface area contributed by atoms with Gasteiger partial charge in [0.05, 0.1) is 14.2 Å². The molecular weight excluding hydrogens is 456 g/mol. The topological polar surface area (TPSA) is 92.8 Å². The maximum Gasteiger partial charge on any atom is 0.321 e. The van der Waals surface area contributed by atoms with Crippen molar-refractivity contribution in [1.82, 2.24) is 20.5 Å². The molecule has 1 aliphatic rings. The van der Waals surface area contributed by atoms with Crippen molar-refractivity contribution < 1.29 is 19.1 Å². The van der Waals surface area contributed by atoms with Crippen LogP contribution in [-0.2, 0) is 13.0 Å². The van der Waals surface area contributed by atoms with Gasteiger partial charge >= 0.3 is 6.03 Å². The molecule has 1 aliphatic heterocycles. The second kappa shape index (κ2) is 10.9. The first-order valence-corrected chi connectivity index (χ1v) is 11.7. The molecule has 3 aromatic rings. The molecule has 1 unspecified atom stereocenters. The van der Waals surface area contributed by atoms with Crippen molar-refractivity contribution in [2.45, 2.75) is 25.9 Å². The lowest BCUT2D eigenvalue weighted by atomic mass is 9.92. The number of hydrogen-bond donors (Lipinski definition) is 2. The molecule has 0 fully saturated rings. The van der Waals surface area contributed by atoms with Gasteiger partial charge in [-0.3, -0.25) is 14.7 Å². The maximum absolute atomic E-state index is 12.7. The Bertz CT molecular complexity index is 1270. The molecule has 2 aromatic carbocycles. The van der Waals surface area contributed by atoms with E-state index in [-0.39, 0.29) is 18.0 Å². The van der Waals surface area contributed by atoms with Crippen molar-refractivity contribution in [3.8, 4) is 11.5 Å². The van der Waals surface area contributed by atoms with Crippen LogP contribution in [0.25, 0.3) is 5.57 Å². The van der Waals surface area contributed by atoms with Crippen LogP contribution in [0, 0.1) is 0 Å². The standard InChI is InChI=1S/C28H30N4O4/c1-18-12-22-13-25(35-3)26(36-4)14-23(22)24(17-32(18)28(34)29-2)20-7-9-21(10-8-20)27(33)31-16-19-6-5-11-30-15-19/h5-11,13-15,17-18H,12,16H2,1-4H3,(H,29,34)(H,31,33). The summed E-state index contributed by atoms with van der Waals surface area (Å²) in [5.74, 6) is 1.07. The number of ether oxygens (including phenoxy) is 2. The van der Waals surface area contributed by atoms with Gasteiger partial charge in [-0.25, -0.2) is 4.79 Å². The molecule has 2 N–H and O–H groups in total. The van der Waals surface area contributed by atoms with Crippen molar-refractivity contribution in [3.05, 3.63) is 94.9 Å². The summed E-state index contributed by atoms with van der Waals surface area (Å²) in [7, 11) is 4.82. The molecular formula is C28H30N4O4. The molecule has 0 saturated heterocycles. The SMILES string of the molecule is CNC(=O)N1C=C(c2ccc(C(=O)NCc3cccnc3)cc2)c2cc(OC)c(OC)cc2CC1C. The largest absolute Gasteiger partial charge is 0.493 e. The Morgan fingerprint density at radius 3 is 2.44 bits per heavy atom. The lowest BCUT2D eigenvalue weighted by Gasteiger charge is -2.24. The smallest absolute Gasteiger partial charge is 0.321 e. The average Bonchev–Trinajstić information content (AvgIpc) is 3.06. The predicted molar refractivity (Wildman–Crippen MR) is 138 cm³/mol. The number of nitrogens with zero attached hydrogens (tertiary/aromatic N) is 2. The van der Waals surface area contributed by atoms with E-state index in [1.54, 1.807) is 50.7 Å². The molecule has 1 atom stereocenters. The summed E-state index contributed by atoms with van der Waals surface area (Å²) in [4.78, 5) is 31.2. The molecule has 4 rings (SSSR count). The van der Waals surface area contributed by atoms with Gasteiger partial charge in [-0.1, -0.05) is 18.2 Å². The van der Waals surface area contributed by atoms with Gasteiger partial charge in [-0.2, -0.15) is 0 Å². The number of carbonyl (C=O) groups is 2. The highest BCUT2D eigenvalue weighted by atomic mass is 16.5. The normalized spacial score (nSPS) is 14.7. The van der Waals surface area contributed by atoms with Crippen LogP contribution >= 0.6 is 0 Å². The molecule has 1 aromatic heterocycles. The van der Waals surface area contributed by atoms with Gasteiger partial charge in [0.1, 0.15) is 0 Å². The Morgan fingerprint density at radius 1 is 1.08 bits per heavy atom. The first-order chi connectivity index (χ1) is 17.4. The third-order valence-corrected chi connectivity index (χ3v) is 6.24. The van der Waals surface area contributed by atoms with Gasteiger partial charge in [-0.05, 0) is 65.9 Å². The highest BCUT2D eigenvalue weighted by Crippen LogP contribution is 2.39. The van der Waals surface area contributed by atoms with Gasteiger partial charge in [0.2, 0.25) is 0 Å². The first-order valence-electron chi connectivity index (χ1n) is 11.7. The van der Waals surface area contributed by atoms with E-state index >= 15 is 0 Å². The number of urea groups is 1. The summed E-state index contributed by atoms with van der Waals surface area (Å²) in [5.41, 5.74) is 5.17. The number of methoxy groups -OCH3 is 2. The van der Waals surface area contributed by atoms with Crippen LogP contribution in [0.4, 0.5) is 4.79 Å². The van der Waals surface area contributed by atoms with Crippen LogP contribution in [0.2, 0.25) is 0 Å². The number of nitrogens with one attached hydrogen (secondary N) is 2. The number of fused-ring (bicyclic) bond motifs is 1. The van der Waals surface area contributed by atoms with Crippen molar-refractivity contribution in [2.24, 2.45) is 0 Å². The number of rotatable bonds is 6. The number of carbonyl (C=O) groups excluding carboxylic acids is 2. The quantitative estimate of drug-likeness (QED) is 0.549. The van der Waals surface area contributed by atoms with E-state index in [1.165, 1.54) is 0 Å². The lowest BCUT2D eigenvalue weighted by Crippen LogP contribution is -2.40. The molecule has 0 bridgehead atoms. The molecule has 186 valence electrons. The first kappa shape index (κ1) is 24.8. The summed E-state index contributed by atoms with van der Waals surface area (Å²) in [6, 6.07) is 14.7. The number of pyridine rings is 1. The highest BCUT2D eigenvalue weighted by Gasteiger charge is 2.27. The van der Waals surface area contributed by atoms with Crippen LogP contribution in [0.15, 0.2) is 67.1 Å². The molecule has 0 saturated carbocycles. The van der Waals surface area contributed by atoms with Gasteiger partial charge in [0, 0.05) is 49.4 Å². The predicted octanol–water partition coefficient (Wildman–Crippen LogP) is 4.00. The fraction of sp³-hybridized carbons (Fsp3) is 0.250. The zero-order valence-corrected chi connectivity index (χ0v) is 20.9. The summed E-state index contributed by atoms with van der Waals surface area (Å²) in [6.45, 7) is 2.40. The number of aromatic nitrogens is 1. The molecule has 3 amide bonds. The van der Waals surface area contributed by atoms with Crippen LogP contribution in [0.5, 0.6) is 11.5 Å². The Labute approximate surface area is 210 Å². The van der Waals surface area contributed by atoms with Gasteiger partial charge in [-0.15, -0.1) is 0 Å². The van der Waals surface area contributed by atoms with E-state index in [2.05, 4.69) is 15.6 Å². The molecule has 2 heterocycles. The summed E-state index contributed by atoms with van der Waals surface area (Å²) in [6.07, 6.45) is 5.92. The van der Waals surface area contributed by atoms with E-state index in [0.717, 1.165) is 27.8 Å². The number of hydrogen-bond acceptors (Lipinski definition) is 5. The van der Waals surface area contributed by atoms with Crippen LogP contribution in [0.1, 0.15) is 39.5 Å². The summed E-state index contributed by atoms with van der Waals surface area (Å²) in [5, 5.41) is 5.64. The Kier molecular flexibility index (Phi) is 7.53. The van der Waals surface area contributed by atoms with Crippen molar-refractivity contribution in [3.63, 3.8) is 0 Å². The minimum absolute atomic E-state index is 0.0863. The fourth-order valence-electron chi connectivity index (χ4n) is 4.30. The third-order valence-electron chi connectivity index (χ3n) is 6.24. The molecule has 0 aliphatic carbocycles. The fourth-order valence-corrected chi connectivity index (χ4v) is 4.30. The molecule has 0 spiro atoms. The summed E-state index contributed by atoms with van der Waals surface area (Å²) < 4.78 is 11.1. The van der Waals surface area contributed by atoms with E-state index in [0.29, 0.717) is 30.0 Å². The second-order valence-corrected chi connectivity index (χ2v) is 8.54. The van der Waals surface area contributed by atoms with Crippen molar-refractivity contribution >= 4 is 17.5 Å². The molecule has 8 heteroatoms. The van der Waals surface area contributed by atoms with Gasteiger partial charge < -0.3 is 20.1 Å². The Hall–Kier alpha value is -4.33. The van der Waals surface area contributed by atoms with E-state index in [9.17, 15) is 9.59 Å². The maximum atomic E-state index is 12.7. The molecule has 0 radical (unpaired) electrons. The Balaban J connectivity index is 1.69. The van der Waals surface area contributed by atoms with Crippen molar-refractivity contribution in [2.75, 3.05) is 21.3 Å². The minimum atomic E-state index is -0.196. The zero-order valence-electron chi connectivity index (χ0n) is 20.9. The monoisotopic (exact) mass is 486 g/mol. The van der Waals surface area contributed by atoms with E-state index in [1.807, 2.05) is 49.5 Å². The van der Waals surface area contributed by atoms with Crippen LogP contribution < -0.4 is 20.1 Å². The minimum Gasteiger partial charge on any atom is -0.493 e. The van der Waals surface area contributed by atoms with Crippen molar-refractivity contribution in [1.29, 1.82) is 0 Å².